The van der Waals surface area contributed by atoms with E-state index in [1.165, 1.54) is 5.56 Å². The number of aryl methyl sites for hydroxylation is 2. The van der Waals surface area contributed by atoms with E-state index in [2.05, 4.69) is 5.32 Å². The zero-order valence-electron chi connectivity index (χ0n) is 10.3. The van der Waals surface area contributed by atoms with Gasteiger partial charge in [0, 0.05) is 18.9 Å². The number of hydrogen-bond acceptors (Lipinski definition) is 1. The lowest BCUT2D eigenvalue weighted by Gasteiger charge is -2.10. The van der Waals surface area contributed by atoms with Gasteiger partial charge in [0.1, 0.15) is 5.69 Å². The molecule has 0 aliphatic carbocycles. The van der Waals surface area contributed by atoms with Gasteiger partial charge in [0.05, 0.1) is 0 Å². The van der Waals surface area contributed by atoms with E-state index < -0.39 is 0 Å². The number of nitrogens with zero attached hydrogens (tertiary/aromatic N) is 1. The molecule has 0 saturated carbocycles. The Morgan fingerprint density at radius 1 is 1.18 bits per heavy atom. The maximum Gasteiger partial charge on any atom is 0.272 e. The Labute approximate surface area is 101 Å². The molecule has 0 atom stereocenters. The summed E-state index contributed by atoms with van der Waals surface area (Å²) in [5.41, 5.74) is 3.81. The fourth-order valence-electron chi connectivity index (χ4n) is 1.77. The number of carbonyl (C=O) groups is 1. The second kappa shape index (κ2) is 4.45. The molecule has 1 aromatic carbocycles. The summed E-state index contributed by atoms with van der Waals surface area (Å²) >= 11 is 0. The van der Waals surface area contributed by atoms with Crippen molar-refractivity contribution in [1.29, 1.82) is 0 Å². The van der Waals surface area contributed by atoms with E-state index >= 15 is 0 Å². The van der Waals surface area contributed by atoms with Gasteiger partial charge in [-0.3, -0.25) is 4.79 Å². The predicted molar refractivity (Wildman–Crippen MR) is 69.3 cm³/mol. The van der Waals surface area contributed by atoms with Gasteiger partial charge in [0.15, 0.2) is 0 Å². The molecule has 1 amide bonds. The Balaban J connectivity index is 2.25. The number of nitrogens with one attached hydrogen (secondary N) is 1. The van der Waals surface area contributed by atoms with Crippen molar-refractivity contribution >= 4 is 11.6 Å². The quantitative estimate of drug-likeness (QED) is 0.842. The first-order valence-corrected chi connectivity index (χ1v) is 5.58. The van der Waals surface area contributed by atoms with Gasteiger partial charge in [-0.25, -0.2) is 0 Å². The van der Waals surface area contributed by atoms with Crippen LogP contribution in [0.5, 0.6) is 0 Å². The lowest BCUT2D eigenvalue weighted by Crippen LogP contribution is -2.16. The highest BCUT2D eigenvalue weighted by molar-refractivity contribution is 6.03. The monoisotopic (exact) mass is 228 g/mol. The first-order chi connectivity index (χ1) is 8.09. The summed E-state index contributed by atoms with van der Waals surface area (Å²) in [5.74, 6) is -0.0776. The zero-order chi connectivity index (χ0) is 12.4. The largest absolute Gasteiger partial charge is 0.347 e. The minimum Gasteiger partial charge on any atom is -0.347 e. The van der Waals surface area contributed by atoms with Crippen LogP contribution in [0.4, 0.5) is 5.69 Å². The van der Waals surface area contributed by atoms with Crippen molar-refractivity contribution in [3.8, 4) is 0 Å². The molecule has 1 N–H and O–H groups in total. The molecule has 0 radical (unpaired) electrons. The average molecular weight is 228 g/mol. The van der Waals surface area contributed by atoms with Crippen molar-refractivity contribution < 1.29 is 4.79 Å². The second-order valence-corrected chi connectivity index (χ2v) is 4.21. The topological polar surface area (TPSA) is 34.0 Å². The molecule has 0 fully saturated rings. The molecule has 0 spiro atoms. The van der Waals surface area contributed by atoms with Crippen molar-refractivity contribution in [2.24, 2.45) is 7.05 Å². The molecule has 2 rings (SSSR count). The van der Waals surface area contributed by atoms with Crippen LogP contribution in [0.3, 0.4) is 0 Å². The Hall–Kier alpha value is -2.03. The van der Waals surface area contributed by atoms with Crippen molar-refractivity contribution in [1.82, 2.24) is 4.57 Å². The molecular weight excluding hydrogens is 212 g/mol. The normalized spacial score (nSPS) is 10.3. The zero-order valence-corrected chi connectivity index (χ0v) is 10.3. The number of amides is 1. The first-order valence-electron chi connectivity index (χ1n) is 5.58. The van der Waals surface area contributed by atoms with Gasteiger partial charge >= 0.3 is 0 Å². The van der Waals surface area contributed by atoms with Crippen LogP contribution in [0.1, 0.15) is 21.6 Å². The number of hydrogen-bond donors (Lipinski definition) is 1. The third kappa shape index (κ3) is 2.23. The van der Waals surface area contributed by atoms with Crippen molar-refractivity contribution in [3.63, 3.8) is 0 Å². The molecule has 0 aliphatic heterocycles. The van der Waals surface area contributed by atoms with Crippen LogP contribution in [0.15, 0.2) is 36.5 Å². The van der Waals surface area contributed by atoms with Gasteiger partial charge in [-0.1, -0.05) is 12.1 Å². The summed E-state index contributed by atoms with van der Waals surface area (Å²) in [6, 6.07) is 9.57. The summed E-state index contributed by atoms with van der Waals surface area (Å²) in [6.45, 7) is 4.05. The number of aromatic nitrogens is 1. The fraction of sp³-hybridized carbons (Fsp3) is 0.214. The van der Waals surface area contributed by atoms with E-state index in [4.69, 9.17) is 0 Å². The van der Waals surface area contributed by atoms with Gasteiger partial charge in [-0.05, 0) is 43.2 Å². The van der Waals surface area contributed by atoms with Gasteiger partial charge in [-0.15, -0.1) is 0 Å². The molecule has 0 bridgehead atoms. The molecule has 3 nitrogen and oxygen atoms in total. The second-order valence-electron chi connectivity index (χ2n) is 4.21. The molecule has 2 aromatic rings. The van der Waals surface area contributed by atoms with Gasteiger partial charge in [0.25, 0.3) is 5.91 Å². The minimum atomic E-state index is -0.0776. The standard InChI is InChI=1S/C14H16N2O/c1-10-6-4-7-12(11(10)2)15-14(17)13-8-5-9-16(13)3/h4-9H,1-3H3,(H,15,17). The molecule has 88 valence electrons. The fourth-order valence-corrected chi connectivity index (χ4v) is 1.77. The molecule has 17 heavy (non-hydrogen) atoms. The summed E-state index contributed by atoms with van der Waals surface area (Å²) in [6.07, 6.45) is 1.86. The Morgan fingerprint density at radius 3 is 2.59 bits per heavy atom. The van der Waals surface area contributed by atoms with Gasteiger partial charge in [0.2, 0.25) is 0 Å². The van der Waals surface area contributed by atoms with Crippen LogP contribution in [0.2, 0.25) is 0 Å². The lowest BCUT2D eigenvalue weighted by atomic mass is 10.1. The summed E-state index contributed by atoms with van der Waals surface area (Å²) in [4.78, 5) is 12.0. The molecular formula is C14H16N2O. The Kier molecular flexibility index (Phi) is 3.00. The number of anilines is 1. The number of benzene rings is 1. The minimum absolute atomic E-state index is 0.0776. The van der Waals surface area contributed by atoms with Crippen LogP contribution in [0, 0.1) is 13.8 Å². The van der Waals surface area contributed by atoms with Crippen molar-refractivity contribution in [2.45, 2.75) is 13.8 Å². The van der Waals surface area contributed by atoms with Crippen LogP contribution < -0.4 is 5.32 Å². The maximum absolute atomic E-state index is 12.0. The smallest absolute Gasteiger partial charge is 0.272 e. The lowest BCUT2D eigenvalue weighted by molar-refractivity contribution is 0.101. The average Bonchev–Trinajstić information content (AvgIpc) is 2.71. The summed E-state index contributed by atoms with van der Waals surface area (Å²) < 4.78 is 1.81. The molecule has 1 aromatic heterocycles. The highest BCUT2D eigenvalue weighted by Gasteiger charge is 2.10. The van der Waals surface area contributed by atoms with Gasteiger partial charge < -0.3 is 9.88 Å². The molecule has 1 heterocycles. The summed E-state index contributed by atoms with van der Waals surface area (Å²) in [7, 11) is 1.86. The third-order valence-electron chi connectivity index (χ3n) is 3.03. The van der Waals surface area contributed by atoms with E-state index in [0.717, 1.165) is 11.3 Å². The van der Waals surface area contributed by atoms with Crippen LogP contribution in [0.25, 0.3) is 0 Å². The van der Waals surface area contributed by atoms with E-state index in [-0.39, 0.29) is 5.91 Å². The molecule has 0 aliphatic rings. The predicted octanol–water partition coefficient (Wildman–Crippen LogP) is 2.89. The number of rotatable bonds is 2. The Bertz CT molecular complexity index is 555. The maximum atomic E-state index is 12.0. The van der Waals surface area contributed by atoms with E-state index in [0.29, 0.717) is 5.69 Å². The van der Waals surface area contributed by atoms with Crippen molar-refractivity contribution in [3.05, 3.63) is 53.3 Å². The van der Waals surface area contributed by atoms with Gasteiger partial charge in [-0.2, -0.15) is 0 Å². The molecule has 3 heteroatoms. The van der Waals surface area contributed by atoms with Crippen molar-refractivity contribution in [2.75, 3.05) is 5.32 Å². The first kappa shape index (κ1) is 11.5. The number of carbonyl (C=O) groups excluding carboxylic acids is 1. The third-order valence-corrected chi connectivity index (χ3v) is 3.03. The molecule has 0 unspecified atom stereocenters. The SMILES string of the molecule is Cc1cccc(NC(=O)c2cccn2C)c1C. The summed E-state index contributed by atoms with van der Waals surface area (Å²) in [5, 5.41) is 2.93. The highest BCUT2D eigenvalue weighted by atomic mass is 16.1. The van der Waals surface area contributed by atoms with E-state index in [9.17, 15) is 4.79 Å². The van der Waals surface area contributed by atoms with E-state index in [1.54, 1.807) is 10.6 Å². The van der Waals surface area contributed by atoms with Crippen LogP contribution in [-0.2, 0) is 7.05 Å². The van der Waals surface area contributed by atoms with Crippen LogP contribution in [-0.4, -0.2) is 10.5 Å². The molecule has 0 saturated heterocycles. The highest BCUT2D eigenvalue weighted by Crippen LogP contribution is 2.18. The van der Waals surface area contributed by atoms with E-state index in [1.807, 2.05) is 51.4 Å². The van der Waals surface area contributed by atoms with Crippen LogP contribution >= 0.6 is 0 Å². The Morgan fingerprint density at radius 2 is 1.94 bits per heavy atom.